The summed E-state index contributed by atoms with van der Waals surface area (Å²) in [6.45, 7) is 0. The summed E-state index contributed by atoms with van der Waals surface area (Å²) in [4.78, 5) is 15.7. The molecule has 4 aromatic rings. The predicted octanol–water partition coefficient (Wildman–Crippen LogP) is 8.57. The second-order valence-corrected chi connectivity index (χ2v) is 8.67. The lowest BCUT2D eigenvalue weighted by Crippen LogP contribution is -2.16. The maximum absolute atomic E-state index is 13.3. The molecule has 5 rings (SSSR count). The Morgan fingerprint density at radius 2 is 1.29 bits per heavy atom. The van der Waals surface area contributed by atoms with Gasteiger partial charge in [-0.1, -0.05) is 48.5 Å². The van der Waals surface area contributed by atoms with Crippen molar-refractivity contribution in [3.05, 3.63) is 129 Å². The highest BCUT2D eigenvalue weighted by atomic mass is 19.4. The molecule has 1 heterocycles. The highest BCUT2D eigenvalue weighted by molar-refractivity contribution is 6.11. The Morgan fingerprint density at radius 1 is 0.711 bits per heavy atom. The smallest absolute Gasteiger partial charge is 0.258 e. The number of alkyl halides is 6. The number of aliphatic imine (C=N–C) groups is 1. The first-order valence-corrected chi connectivity index (χ1v) is 11.2. The first kappa shape index (κ1) is 25.2. The molecule has 4 nitrogen and oxygen atoms in total. The third-order valence-corrected chi connectivity index (χ3v) is 6.35. The summed E-state index contributed by atoms with van der Waals surface area (Å²) >= 11 is 0. The van der Waals surface area contributed by atoms with Gasteiger partial charge in [0.15, 0.2) is 0 Å². The standard InChI is InChI=1S/C28H16F6N2O2/c29-27(30,31)18-9-5-16(6-10-18)25-22-4-2-1-3-21(22)23-15-20(36(37)38)13-14-24(23)35-26(25)17-7-11-19(12-8-17)28(32,33)34/h1-15,25H/t25-/m0/s1. The van der Waals surface area contributed by atoms with Crippen molar-refractivity contribution in [1.29, 1.82) is 0 Å². The third kappa shape index (κ3) is 4.65. The Balaban J connectivity index is 1.77. The molecule has 0 bridgehead atoms. The number of nitro benzene ring substituents is 1. The molecule has 0 aliphatic carbocycles. The zero-order valence-corrected chi connectivity index (χ0v) is 19.2. The zero-order chi connectivity index (χ0) is 27.2. The monoisotopic (exact) mass is 526 g/mol. The molecule has 0 radical (unpaired) electrons. The van der Waals surface area contributed by atoms with Crippen molar-refractivity contribution < 1.29 is 31.3 Å². The van der Waals surface area contributed by atoms with Gasteiger partial charge in [-0.3, -0.25) is 15.1 Å². The zero-order valence-electron chi connectivity index (χ0n) is 19.2. The van der Waals surface area contributed by atoms with Gasteiger partial charge in [0.2, 0.25) is 0 Å². The number of benzene rings is 4. The summed E-state index contributed by atoms with van der Waals surface area (Å²) in [5.41, 5.74) is 1.06. The van der Waals surface area contributed by atoms with Gasteiger partial charge in [0.25, 0.3) is 5.69 Å². The minimum atomic E-state index is -4.56. The Labute approximate surface area is 212 Å². The minimum Gasteiger partial charge on any atom is -0.258 e. The summed E-state index contributed by atoms with van der Waals surface area (Å²) in [6.07, 6.45) is -9.12. The van der Waals surface area contributed by atoms with Crippen LogP contribution in [0.1, 0.15) is 33.7 Å². The second kappa shape index (κ2) is 9.13. The number of nitrogens with zero attached hydrogens (tertiary/aromatic N) is 2. The van der Waals surface area contributed by atoms with Crippen LogP contribution in [0.3, 0.4) is 0 Å². The highest BCUT2D eigenvalue weighted by Gasteiger charge is 2.34. The Bertz CT molecular complexity index is 1560. The summed E-state index contributed by atoms with van der Waals surface area (Å²) in [7, 11) is 0. The van der Waals surface area contributed by atoms with E-state index in [1.54, 1.807) is 24.3 Å². The van der Waals surface area contributed by atoms with E-state index in [0.717, 1.165) is 24.3 Å². The average molecular weight is 526 g/mol. The molecule has 1 aliphatic heterocycles. The van der Waals surface area contributed by atoms with Crippen LogP contribution in [-0.4, -0.2) is 10.6 Å². The van der Waals surface area contributed by atoms with Crippen molar-refractivity contribution in [2.75, 3.05) is 0 Å². The van der Waals surface area contributed by atoms with Crippen LogP contribution >= 0.6 is 0 Å². The Morgan fingerprint density at radius 3 is 1.87 bits per heavy atom. The fourth-order valence-corrected chi connectivity index (χ4v) is 4.55. The molecule has 1 atom stereocenters. The summed E-state index contributed by atoms with van der Waals surface area (Å²) in [6, 6.07) is 19.8. The van der Waals surface area contributed by atoms with E-state index in [1.807, 2.05) is 0 Å². The fraction of sp³-hybridized carbons (Fsp3) is 0.107. The minimum absolute atomic E-state index is 0.183. The van der Waals surface area contributed by atoms with Crippen molar-refractivity contribution in [3.63, 3.8) is 0 Å². The van der Waals surface area contributed by atoms with Crippen LogP contribution in [0.4, 0.5) is 37.7 Å². The number of fused-ring (bicyclic) bond motifs is 3. The van der Waals surface area contributed by atoms with Gasteiger partial charge < -0.3 is 0 Å². The first-order valence-electron chi connectivity index (χ1n) is 11.2. The van der Waals surface area contributed by atoms with E-state index >= 15 is 0 Å². The van der Waals surface area contributed by atoms with Gasteiger partial charge in [0.1, 0.15) is 0 Å². The fourth-order valence-electron chi connectivity index (χ4n) is 4.55. The van der Waals surface area contributed by atoms with Gasteiger partial charge >= 0.3 is 12.4 Å². The number of nitro groups is 1. The molecule has 0 amide bonds. The molecule has 38 heavy (non-hydrogen) atoms. The molecule has 10 heteroatoms. The molecule has 1 aliphatic rings. The SMILES string of the molecule is O=[N+]([O-])c1ccc2c(c1)-c1ccccc1[C@H](c1ccc(C(F)(F)F)cc1)C(c1ccc(C(F)(F)F)cc1)=N2. The Hall–Kier alpha value is -4.47. The van der Waals surface area contributed by atoms with Gasteiger partial charge in [-0.2, -0.15) is 26.3 Å². The predicted molar refractivity (Wildman–Crippen MR) is 129 cm³/mol. The molecule has 0 saturated heterocycles. The maximum atomic E-state index is 13.3. The van der Waals surface area contributed by atoms with E-state index in [2.05, 4.69) is 0 Å². The molecule has 4 aromatic carbocycles. The van der Waals surface area contributed by atoms with Crippen molar-refractivity contribution >= 4 is 17.1 Å². The van der Waals surface area contributed by atoms with E-state index in [4.69, 9.17) is 4.99 Å². The van der Waals surface area contributed by atoms with Crippen molar-refractivity contribution in [2.45, 2.75) is 18.3 Å². The molecular formula is C28H16F6N2O2. The van der Waals surface area contributed by atoms with E-state index in [9.17, 15) is 36.5 Å². The van der Waals surface area contributed by atoms with Gasteiger partial charge in [-0.05, 0) is 52.6 Å². The van der Waals surface area contributed by atoms with Crippen LogP contribution in [0.5, 0.6) is 0 Å². The van der Waals surface area contributed by atoms with Crippen LogP contribution in [0.15, 0.2) is 96.0 Å². The van der Waals surface area contributed by atoms with Crippen LogP contribution in [0.2, 0.25) is 0 Å². The van der Waals surface area contributed by atoms with Crippen molar-refractivity contribution in [1.82, 2.24) is 0 Å². The molecule has 0 fully saturated rings. The van der Waals surface area contributed by atoms with Gasteiger partial charge in [-0.15, -0.1) is 0 Å². The normalized spacial score (nSPS) is 15.2. The van der Waals surface area contributed by atoms with Crippen LogP contribution in [0, 0.1) is 10.1 Å². The number of hydrogen-bond donors (Lipinski definition) is 0. The van der Waals surface area contributed by atoms with Crippen molar-refractivity contribution in [3.8, 4) is 11.1 Å². The quantitative estimate of drug-likeness (QED) is 0.153. The summed E-state index contributed by atoms with van der Waals surface area (Å²) in [5, 5.41) is 11.5. The van der Waals surface area contributed by atoms with E-state index in [1.165, 1.54) is 42.5 Å². The number of hydrogen-bond acceptors (Lipinski definition) is 3. The van der Waals surface area contributed by atoms with E-state index < -0.39 is 34.3 Å². The Kier molecular flexibility index (Phi) is 6.05. The molecule has 0 saturated carbocycles. The first-order chi connectivity index (χ1) is 17.9. The molecule has 0 spiro atoms. The molecular weight excluding hydrogens is 510 g/mol. The van der Waals surface area contributed by atoms with E-state index in [0.29, 0.717) is 39.2 Å². The summed E-state index contributed by atoms with van der Waals surface area (Å²) in [5.74, 6) is -0.781. The average Bonchev–Trinajstić information content (AvgIpc) is 3.02. The van der Waals surface area contributed by atoms with Gasteiger partial charge in [0, 0.05) is 17.7 Å². The topological polar surface area (TPSA) is 55.5 Å². The number of rotatable bonds is 3. The highest BCUT2D eigenvalue weighted by Crippen LogP contribution is 2.45. The largest absolute Gasteiger partial charge is 0.416 e. The molecule has 0 aromatic heterocycles. The van der Waals surface area contributed by atoms with Gasteiger partial charge in [-0.25, -0.2) is 0 Å². The van der Waals surface area contributed by atoms with Gasteiger partial charge in [0.05, 0.1) is 33.4 Å². The number of halogens is 6. The second-order valence-electron chi connectivity index (χ2n) is 8.67. The lowest BCUT2D eigenvalue weighted by Gasteiger charge is -2.22. The molecule has 192 valence electrons. The maximum Gasteiger partial charge on any atom is 0.416 e. The number of non-ortho nitro benzene ring substituents is 1. The lowest BCUT2D eigenvalue weighted by atomic mass is 9.81. The van der Waals surface area contributed by atoms with Crippen LogP contribution in [0.25, 0.3) is 11.1 Å². The van der Waals surface area contributed by atoms with E-state index in [-0.39, 0.29) is 5.69 Å². The summed E-state index contributed by atoms with van der Waals surface area (Å²) < 4.78 is 79.4. The van der Waals surface area contributed by atoms with Crippen molar-refractivity contribution in [2.24, 2.45) is 4.99 Å². The molecule has 0 unspecified atom stereocenters. The van der Waals surface area contributed by atoms with Crippen LogP contribution in [-0.2, 0) is 12.4 Å². The lowest BCUT2D eigenvalue weighted by molar-refractivity contribution is -0.384. The third-order valence-electron chi connectivity index (χ3n) is 6.35. The van der Waals surface area contributed by atoms with Crippen LogP contribution < -0.4 is 0 Å². The molecule has 0 N–H and O–H groups in total.